The number of aryl methyl sites for hydroxylation is 1. The number of carbonyl (C=O) groups excluding carboxylic acids is 1. The number of carbonyl (C=O) groups is 1. The van der Waals surface area contributed by atoms with Crippen molar-refractivity contribution < 1.29 is 22.7 Å². The number of rotatable bonds is 5. The summed E-state index contributed by atoms with van der Waals surface area (Å²) in [6, 6.07) is 14.6. The zero-order chi connectivity index (χ0) is 23.8. The van der Waals surface area contributed by atoms with E-state index in [2.05, 4.69) is 15.0 Å². The molecule has 9 heteroatoms. The highest BCUT2D eigenvalue weighted by Gasteiger charge is 2.31. The lowest BCUT2D eigenvalue weighted by molar-refractivity contribution is -0.274. The van der Waals surface area contributed by atoms with Gasteiger partial charge in [-0.15, -0.1) is 13.2 Å². The average Bonchev–Trinajstić information content (AvgIpc) is 3.04. The number of H-pyrrole nitrogens is 1. The molecule has 0 saturated heterocycles. The molecule has 0 aromatic heterocycles. The Hall–Kier alpha value is -4.01. The maximum absolute atomic E-state index is 13.0. The fraction of sp³-hybridized carbons (Fsp3) is 0.167. The van der Waals surface area contributed by atoms with Crippen LogP contribution in [0, 0.1) is 6.92 Å². The van der Waals surface area contributed by atoms with E-state index in [4.69, 9.17) is 0 Å². The first-order valence-corrected chi connectivity index (χ1v) is 10.0. The summed E-state index contributed by atoms with van der Waals surface area (Å²) in [7, 11) is 0. The first-order chi connectivity index (χ1) is 15.6. The number of anilines is 1. The van der Waals surface area contributed by atoms with Gasteiger partial charge in [0.1, 0.15) is 5.75 Å². The number of aromatic nitrogens is 2. The fourth-order valence-electron chi connectivity index (χ4n) is 3.73. The summed E-state index contributed by atoms with van der Waals surface area (Å²) in [6.45, 7) is 3.44. The fourth-order valence-corrected chi connectivity index (χ4v) is 3.73. The van der Waals surface area contributed by atoms with E-state index in [-0.39, 0.29) is 23.8 Å². The summed E-state index contributed by atoms with van der Waals surface area (Å²) in [4.78, 5) is 27.5. The lowest BCUT2D eigenvalue weighted by Crippen LogP contribution is -2.17. The monoisotopic (exact) mass is 455 g/mol. The van der Waals surface area contributed by atoms with Crippen molar-refractivity contribution in [3.63, 3.8) is 0 Å². The van der Waals surface area contributed by atoms with Gasteiger partial charge in [0, 0.05) is 35.8 Å². The van der Waals surface area contributed by atoms with Crippen molar-refractivity contribution >= 4 is 11.6 Å². The average molecular weight is 455 g/mol. The molecule has 2 N–H and O–H groups in total. The van der Waals surface area contributed by atoms with Crippen LogP contribution in [0.3, 0.4) is 0 Å². The minimum Gasteiger partial charge on any atom is -0.406 e. The van der Waals surface area contributed by atoms with E-state index in [0.717, 1.165) is 16.8 Å². The third kappa shape index (κ3) is 5.08. The number of nitrogens with zero attached hydrogens (tertiary/aromatic N) is 1. The minimum atomic E-state index is -4.75. The molecule has 33 heavy (non-hydrogen) atoms. The van der Waals surface area contributed by atoms with Gasteiger partial charge in [0.25, 0.3) is 5.56 Å². The predicted molar refractivity (Wildman–Crippen MR) is 118 cm³/mol. The van der Waals surface area contributed by atoms with Crippen molar-refractivity contribution in [3.8, 4) is 28.1 Å². The number of alkyl halides is 3. The molecule has 0 saturated carbocycles. The Labute approximate surface area is 187 Å². The van der Waals surface area contributed by atoms with Crippen LogP contribution in [0.25, 0.3) is 22.4 Å². The minimum absolute atomic E-state index is 0.172. The van der Waals surface area contributed by atoms with Crippen molar-refractivity contribution in [3.05, 3.63) is 82.4 Å². The van der Waals surface area contributed by atoms with Crippen LogP contribution in [0.4, 0.5) is 18.9 Å². The van der Waals surface area contributed by atoms with E-state index < -0.39 is 6.36 Å². The van der Waals surface area contributed by atoms with Gasteiger partial charge in [0.05, 0.1) is 12.1 Å². The highest BCUT2D eigenvalue weighted by Crippen LogP contribution is 2.29. The summed E-state index contributed by atoms with van der Waals surface area (Å²) in [5, 5.41) is 2.75. The summed E-state index contributed by atoms with van der Waals surface area (Å²) in [5.74, 6) is -0.489. The van der Waals surface area contributed by atoms with E-state index in [1.807, 2.05) is 24.3 Å². The van der Waals surface area contributed by atoms with Crippen LogP contribution < -0.4 is 15.6 Å². The molecule has 6 nitrogen and oxygen atoms in total. The Morgan fingerprint density at radius 1 is 1.09 bits per heavy atom. The van der Waals surface area contributed by atoms with Crippen molar-refractivity contribution in [2.45, 2.75) is 26.8 Å². The van der Waals surface area contributed by atoms with Crippen LogP contribution in [0.1, 0.15) is 18.2 Å². The van der Waals surface area contributed by atoms with Gasteiger partial charge in [0.2, 0.25) is 5.91 Å². The number of hydrogen-bond donors (Lipinski definition) is 2. The van der Waals surface area contributed by atoms with Crippen molar-refractivity contribution in [2.24, 2.45) is 0 Å². The normalized spacial score (nSPS) is 11.5. The lowest BCUT2D eigenvalue weighted by atomic mass is 10.0. The highest BCUT2D eigenvalue weighted by molar-refractivity contribution is 5.89. The van der Waals surface area contributed by atoms with Crippen LogP contribution in [0.5, 0.6) is 5.75 Å². The maximum atomic E-state index is 13.0. The molecular formula is C24H20F3N3O3. The van der Waals surface area contributed by atoms with Gasteiger partial charge < -0.3 is 19.6 Å². The summed E-state index contributed by atoms with van der Waals surface area (Å²) < 4.78 is 42.4. The van der Waals surface area contributed by atoms with Gasteiger partial charge in [-0.05, 0) is 48.4 Å². The molecule has 2 aromatic rings. The maximum Gasteiger partial charge on any atom is 0.573 e. The van der Waals surface area contributed by atoms with Crippen LogP contribution in [0.2, 0.25) is 0 Å². The number of nitrogens with one attached hydrogen (secondary N) is 2. The van der Waals surface area contributed by atoms with Gasteiger partial charge in [-0.25, -0.2) is 0 Å². The number of aromatic amines is 1. The Bertz CT molecular complexity index is 1340. The van der Waals surface area contributed by atoms with Crippen LogP contribution in [0.15, 0.2) is 65.6 Å². The van der Waals surface area contributed by atoms with Gasteiger partial charge in [-0.3, -0.25) is 9.59 Å². The van der Waals surface area contributed by atoms with Crippen molar-refractivity contribution in [1.82, 2.24) is 9.55 Å². The molecule has 4 rings (SSSR count). The molecule has 2 aliphatic heterocycles. The molecular weight excluding hydrogens is 435 g/mol. The Morgan fingerprint density at radius 3 is 2.48 bits per heavy atom. The van der Waals surface area contributed by atoms with E-state index in [0.29, 0.717) is 22.5 Å². The smallest absolute Gasteiger partial charge is 0.406 e. The van der Waals surface area contributed by atoms with Crippen molar-refractivity contribution in [2.75, 3.05) is 5.32 Å². The van der Waals surface area contributed by atoms with Gasteiger partial charge in [-0.2, -0.15) is 0 Å². The quantitative estimate of drug-likeness (QED) is 0.436. The van der Waals surface area contributed by atoms with Crippen LogP contribution >= 0.6 is 0 Å². The number of ether oxygens (including phenoxy) is 1. The third-order valence-corrected chi connectivity index (χ3v) is 5.06. The molecule has 2 aromatic carbocycles. The van der Waals surface area contributed by atoms with Gasteiger partial charge >= 0.3 is 6.36 Å². The molecule has 170 valence electrons. The lowest BCUT2D eigenvalue weighted by Gasteiger charge is -2.10. The summed E-state index contributed by atoms with van der Waals surface area (Å²) in [6.07, 6.45) is -3.03. The van der Waals surface area contributed by atoms with E-state index in [1.165, 1.54) is 35.8 Å². The Balaban J connectivity index is 1.64. The standard InChI is InChI=1S/C24H20F3N3O3/c1-14-22-18(11-21(28-14)17-4-3-5-19(10-17)29-15(2)31)13-30(23(22)32)12-16-6-8-20(9-7-16)33-24(25,26)27/h3-11,13,28H,12H2,1-2H3,(H,29,31). The predicted octanol–water partition coefficient (Wildman–Crippen LogP) is 5.16. The molecule has 0 spiro atoms. The largest absolute Gasteiger partial charge is 0.573 e. The summed E-state index contributed by atoms with van der Waals surface area (Å²) in [5.41, 5.74) is 4.68. The van der Waals surface area contributed by atoms with Crippen molar-refractivity contribution in [1.29, 1.82) is 0 Å². The molecule has 0 aliphatic carbocycles. The number of amides is 1. The van der Waals surface area contributed by atoms with Gasteiger partial charge in [0.15, 0.2) is 0 Å². The number of benzene rings is 2. The summed E-state index contributed by atoms with van der Waals surface area (Å²) >= 11 is 0. The zero-order valence-corrected chi connectivity index (χ0v) is 17.8. The molecule has 0 atom stereocenters. The molecule has 0 radical (unpaired) electrons. The third-order valence-electron chi connectivity index (χ3n) is 5.06. The van der Waals surface area contributed by atoms with Crippen LogP contribution in [-0.4, -0.2) is 21.8 Å². The molecule has 1 amide bonds. The molecule has 2 aliphatic rings. The Kier molecular flexibility index (Phi) is 5.71. The van der Waals surface area contributed by atoms with E-state index in [9.17, 15) is 22.8 Å². The second-order valence-corrected chi connectivity index (χ2v) is 7.65. The number of halogens is 3. The first-order valence-electron chi connectivity index (χ1n) is 10.0. The van der Waals surface area contributed by atoms with Gasteiger partial charge in [-0.1, -0.05) is 24.3 Å². The molecule has 0 bridgehead atoms. The Morgan fingerprint density at radius 2 is 1.82 bits per heavy atom. The molecule has 2 heterocycles. The number of hydrogen-bond acceptors (Lipinski definition) is 3. The second kappa shape index (κ2) is 8.50. The number of pyridine rings is 1. The molecule has 0 unspecified atom stereocenters. The SMILES string of the molecule is CC(=O)Nc1cccc(-c2cc3cn(Cc4ccc(OC(F)(F)F)cc4)c(=O)c-3c(C)[nH]2)c1. The van der Waals surface area contributed by atoms with Crippen LogP contribution in [-0.2, 0) is 11.3 Å². The van der Waals surface area contributed by atoms with E-state index in [1.54, 1.807) is 19.2 Å². The topological polar surface area (TPSA) is 76.1 Å². The zero-order valence-electron chi connectivity index (χ0n) is 17.8. The highest BCUT2D eigenvalue weighted by atomic mass is 19.4. The number of fused-ring (bicyclic) bond motifs is 1. The first kappa shape index (κ1) is 22.2. The molecule has 0 fully saturated rings. The second-order valence-electron chi connectivity index (χ2n) is 7.65. The van der Waals surface area contributed by atoms with E-state index >= 15 is 0 Å².